The molecule has 0 fully saturated rings. The number of aromatic hydroxyl groups is 1. The van der Waals surface area contributed by atoms with E-state index in [1.54, 1.807) is 0 Å². The predicted octanol–water partition coefficient (Wildman–Crippen LogP) is -3.06. The Hall–Kier alpha value is -2.47. The molecule has 0 atom stereocenters. The Balaban J connectivity index is 0.00000320. The predicted molar refractivity (Wildman–Crippen MR) is 90.1 cm³/mol. The van der Waals surface area contributed by atoms with E-state index in [0.29, 0.717) is 0 Å². The molecule has 1 heterocycles. The largest absolute Gasteiger partial charge is 1.00 e. The van der Waals surface area contributed by atoms with Crippen molar-refractivity contribution in [2.24, 2.45) is 10.2 Å². The van der Waals surface area contributed by atoms with E-state index in [0.717, 1.165) is 24.3 Å². The van der Waals surface area contributed by atoms with Crippen LogP contribution in [0.2, 0.25) is 0 Å². The third-order valence-corrected chi connectivity index (χ3v) is 5.22. The van der Waals surface area contributed by atoms with Crippen LogP contribution in [0.4, 0.5) is 11.6 Å². The molecule has 0 bridgehead atoms. The van der Waals surface area contributed by atoms with Crippen LogP contribution in [0.3, 0.4) is 0 Å². The molecule has 30 heavy (non-hydrogen) atoms. The van der Waals surface area contributed by atoms with Crippen LogP contribution in [0.1, 0.15) is 10.6 Å². The summed E-state index contributed by atoms with van der Waals surface area (Å²) in [6.45, 7) is 0. The van der Waals surface area contributed by atoms with Gasteiger partial charge in [-0.15, -0.1) is 15.3 Å². The first-order chi connectivity index (χ1) is 13.4. The number of nitrogens with one attached hydrogen (secondary N) is 1. The maximum Gasteiger partial charge on any atom is 1.00 e. The fourth-order valence-electron chi connectivity index (χ4n) is 2.26. The Morgan fingerprint density at radius 3 is 2.27 bits per heavy atom. The molecule has 2 aromatic carbocycles. The van der Waals surface area contributed by atoms with E-state index in [1.807, 2.05) is 5.10 Å². The van der Waals surface area contributed by atoms with Crippen LogP contribution in [0.25, 0.3) is 10.8 Å². The standard InChI is InChI=1S/C13H9N5O9S2.Na/c19-10-8(29(25,26)27)3-5-1-2-6(28(22,23)24)4-7(5)9(10)15-17-13-14-11(12(20)21)16-18-13;/h1-4,19H,(H,20,21)(H,14,16,18)(H,22,23,24)(H,25,26,27);/q;+1/p-1. The number of rotatable bonds is 5. The Morgan fingerprint density at radius 2 is 1.73 bits per heavy atom. The second-order valence-corrected chi connectivity index (χ2v) is 8.19. The normalized spacial score (nSPS) is 12.2. The maximum absolute atomic E-state index is 11.5. The van der Waals surface area contributed by atoms with Crippen molar-refractivity contribution in [1.29, 1.82) is 0 Å². The molecule has 4 N–H and O–H groups in total. The number of carbonyl (C=O) groups excluding carboxylic acids is 1. The number of benzene rings is 2. The van der Waals surface area contributed by atoms with Gasteiger partial charge in [-0.2, -0.15) is 21.8 Å². The van der Waals surface area contributed by atoms with E-state index in [4.69, 9.17) is 0 Å². The second-order valence-electron chi connectivity index (χ2n) is 5.38. The van der Waals surface area contributed by atoms with Crippen LogP contribution in [0, 0.1) is 0 Å². The number of phenolic OH excluding ortho intramolecular Hbond substituents is 1. The number of aromatic nitrogens is 3. The number of aromatic carboxylic acids is 1. The van der Waals surface area contributed by atoms with Gasteiger partial charge in [0.05, 0.1) is 4.90 Å². The molecule has 0 saturated heterocycles. The SMILES string of the molecule is O=C([O-])c1nc(N=Nc2c(O)c(S(=O)(=O)O)cc3ccc(S(=O)(=O)O)cc23)n[nH]1.[Na+]. The topological polar surface area (TPSA) is 235 Å². The summed E-state index contributed by atoms with van der Waals surface area (Å²) >= 11 is 0. The van der Waals surface area contributed by atoms with Gasteiger partial charge in [0.25, 0.3) is 26.2 Å². The molecule has 152 valence electrons. The van der Waals surface area contributed by atoms with Gasteiger partial charge in [-0.3, -0.25) is 14.2 Å². The van der Waals surface area contributed by atoms with Crippen molar-refractivity contribution in [3.05, 3.63) is 30.1 Å². The van der Waals surface area contributed by atoms with Gasteiger partial charge in [0.15, 0.2) is 11.6 Å². The van der Waals surface area contributed by atoms with Crippen molar-refractivity contribution in [1.82, 2.24) is 15.2 Å². The van der Waals surface area contributed by atoms with Gasteiger partial charge in [0.2, 0.25) is 0 Å². The van der Waals surface area contributed by atoms with E-state index in [-0.39, 0.29) is 40.3 Å². The van der Waals surface area contributed by atoms with Gasteiger partial charge < -0.3 is 15.0 Å². The fourth-order valence-corrected chi connectivity index (χ4v) is 3.39. The monoisotopic (exact) mass is 465 g/mol. The van der Waals surface area contributed by atoms with Crippen molar-refractivity contribution in [3.8, 4) is 5.75 Å². The van der Waals surface area contributed by atoms with Gasteiger partial charge >= 0.3 is 29.6 Å². The molecule has 0 aliphatic rings. The minimum Gasteiger partial charge on any atom is -0.542 e. The first kappa shape index (κ1) is 23.8. The van der Waals surface area contributed by atoms with Crippen LogP contribution in [-0.4, -0.2) is 52.2 Å². The average Bonchev–Trinajstić information content (AvgIpc) is 3.07. The Bertz CT molecular complexity index is 1400. The summed E-state index contributed by atoms with van der Waals surface area (Å²) in [4.78, 5) is 12.5. The van der Waals surface area contributed by atoms with E-state index in [1.165, 1.54) is 0 Å². The van der Waals surface area contributed by atoms with Crippen LogP contribution in [0.15, 0.2) is 44.3 Å². The van der Waals surface area contributed by atoms with Crippen molar-refractivity contribution in [3.63, 3.8) is 0 Å². The number of phenols is 1. The molecular formula is C13H8N5NaO9S2. The zero-order chi connectivity index (χ0) is 21.6. The third kappa shape index (κ3) is 4.81. The van der Waals surface area contributed by atoms with Crippen LogP contribution in [-0.2, 0) is 20.2 Å². The van der Waals surface area contributed by atoms with Crippen LogP contribution >= 0.6 is 0 Å². The van der Waals surface area contributed by atoms with E-state index in [9.17, 15) is 40.9 Å². The summed E-state index contributed by atoms with van der Waals surface area (Å²) in [6, 6.07) is 3.75. The Kier molecular flexibility index (Phi) is 6.62. The Labute approximate surface area is 189 Å². The fraction of sp³-hybridized carbons (Fsp3) is 0. The van der Waals surface area contributed by atoms with Crippen molar-refractivity contribution >= 4 is 48.6 Å². The van der Waals surface area contributed by atoms with Gasteiger partial charge in [-0.1, -0.05) is 6.07 Å². The molecule has 0 saturated carbocycles. The molecule has 0 spiro atoms. The Morgan fingerprint density at radius 1 is 1.07 bits per heavy atom. The first-order valence-electron chi connectivity index (χ1n) is 7.18. The smallest absolute Gasteiger partial charge is 0.542 e. The minimum atomic E-state index is -4.92. The number of H-pyrrole nitrogens is 1. The van der Waals surface area contributed by atoms with E-state index in [2.05, 4.69) is 20.3 Å². The van der Waals surface area contributed by atoms with E-state index < -0.39 is 59.2 Å². The molecule has 3 aromatic rings. The summed E-state index contributed by atoms with van der Waals surface area (Å²) in [5.41, 5.74) is -0.625. The molecule has 0 amide bonds. The maximum atomic E-state index is 11.5. The summed E-state index contributed by atoms with van der Waals surface area (Å²) in [5.74, 6) is -4.02. The first-order valence-corrected chi connectivity index (χ1v) is 10.1. The zero-order valence-electron chi connectivity index (χ0n) is 14.7. The zero-order valence-corrected chi connectivity index (χ0v) is 18.3. The second kappa shape index (κ2) is 8.34. The molecule has 1 aromatic heterocycles. The summed E-state index contributed by atoms with van der Waals surface area (Å²) in [5, 5.41) is 33.1. The summed E-state index contributed by atoms with van der Waals surface area (Å²) < 4.78 is 64.2. The average molecular weight is 465 g/mol. The number of azo groups is 1. The minimum absolute atomic E-state index is 0. The third-order valence-electron chi connectivity index (χ3n) is 3.51. The molecular weight excluding hydrogens is 457 g/mol. The van der Waals surface area contributed by atoms with Crippen molar-refractivity contribution in [2.75, 3.05) is 0 Å². The van der Waals surface area contributed by atoms with Crippen LogP contribution in [0.5, 0.6) is 5.75 Å². The van der Waals surface area contributed by atoms with Gasteiger partial charge in [0.1, 0.15) is 16.6 Å². The summed E-state index contributed by atoms with van der Waals surface area (Å²) in [6.07, 6.45) is 0. The molecule has 17 heteroatoms. The molecule has 0 aliphatic heterocycles. The van der Waals surface area contributed by atoms with Crippen molar-refractivity contribution in [2.45, 2.75) is 9.79 Å². The number of nitrogens with zero attached hydrogens (tertiary/aromatic N) is 4. The van der Waals surface area contributed by atoms with Crippen LogP contribution < -0.4 is 34.7 Å². The number of carboxylic acid groups (broad SMARTS) is 1. The molecule has 0 unspecified atom stereocenters. The number of aromatic amines is 1. The quantitative estimate of drug-likeness (QED) is 0.168. The number of carboxylic acids is 1. The number of hydrogen-bond acceptors (Lipinski definition) is 11. The number of fused-ring (bicyclic) bond motifs is 1. The van der Waals surface area contributed by atoms with Gasteiger partial charge in [-0.25, -0.2) is 0 Å². The molecule has 3 rings (SSSR count). The molecule has 14 nitrogen and oxygen atoms in total. The van der Waals surface area contributed by atoms with Gasteiger partial charge in [-0.05, 0) is 23.6 Å². The number of carbonyl (C=O) groups is 1. The summed E-state index contributed by atoms with van der Waals surface area (Å²) in [7, 11) is -9.58. The molecule has 0 aliphatic carbocycles. The van der Waals surface area contributed by atoms with E-state index >= 15 is 0 Å². The van der Waals surface area contributed by atoms with Crippen molar-refractivity contribution < 1.29 is 70.5 Å². The number of hydrogen-bond donors (Lipinski definition) is 4. The van der Waals surface area contributed by atoms with Gasteiger partial charge in [0, 0.05) is 5.39 Å². The molecule has 0 radical (unpaired) electrons.